The van der Waals surface area contributed by atoms with E-state index in [1.54, 1.807) is 54.8 Å². The first kappa shape index (κ1) is 13.8. The summed E-state index contributed by atoms with van der Waals surface area (Å²) in [5.74, 6) is 0.103. The molecule has 0 saturated carbocycles. The molecule has 5 heteroatoms. The molecule has 2 aromatic rings. The van der Waals surface area contributed by atoms with Crippen LogP contribution in [-0.2, 0) is 4.79 Å². The summed E-state index contributed by atoms with van der Waals surface area (Å²) in [6.07, 6.45) is 5.05. The van der Waals surface area contributed by atoms with Crippen LogP contribution in [0, 0.1) is 0 Å². The lowest BCUT2D eigenvalue weighted by atomic mass is 10.1. The topological polar surface area (TPSA) is 74.8 Å². The smallest absolute Gasteiger partial charge is 0.273 e. The number of carbonyl (C=O) groups excluding carboxylic acids is 1. The number of hydrazone groups is 1. The predicted molar refractivity (Wildman–Crippen MR) is 75.8 cm³/mol. The van der Waals surface area contributed by atoms with Crippen LogP contribution < -0.4 is 5.43 Å². The Hall–Kier alpha value is -2.66. The number of aliphatic hydroxyl groups excluding tert-OH is 1. The van der Waals surface area contributed by atoms with E-state index in [-0.39, 0.29) is 0 Å². The van der Waals surface area contributed by atoms with Crippen molar-refractivity contribution in [2.45, 2.75) is 6.10 Å². The zero-order valence-electron chi connectivity index (χ0n) is 10.6. The minimum absolute atomic E-state index is 0.520. The van der Waals surface area contributed by atoms with E-state index in [9.17, 15) is 9.90 Å². The van der Waals surface area contributed by atoms with Gasteiger partial charge in [-0.3, -0.25) is 4.79 Å². The van der Waals surface area contributed by atoms with Crippen LogP contribution in [0.4, 0.5) is 0 Å². The van der Waals surface area contributed by atoms with E-state index in [0.29, 0.717) is 11.3 Å². The molecular formula is C15H14N2O3. The molecule has 0 spiro atoms. The SMILES string of the molecule is O=C(N/N=C\C=C\c1ccco1)[C@H](O)c1ccccc1. The lowest BCUT2D eigenvalue weighted by molar-refractivity contribution is -0.129. The zero-order chi connectivity index (χ0) is 14.2. The van der Waals surface area contributed by atoms with Crippen molar-refractivity contribution in [2.75, 3.05) is 0 Å². The Balaban J connectivity index is 1.83. The third-order valence-electron chi connectivity index (χ3n) is 2.50. The van der Waals surface area contributed by atoms with Crippen LogP contribution in [0.1, 0.15) is 17.4 Å². The summed E-state index contributed by atoms with van der Waals surface area (Å²) in [5, 5.41) is 13.5. The molecule has 1 aromatic carbocycles. The Morgan fingerprint density at radius 2 is 2.05 bits per heavy atom. The lowest BCUT2D eigenvalue weighted by Crippen LogP contribution is -2.24. The van der Waals surface area contributed by atoms with Crippen LogP contribution in [0.15, 0.2) is 64.3 Å². The number of hydrogen-bond acceptors (Lipinski definition) is 4. The highest BCUT2D eigenvalue weighted by atomic mass is 16.3. The molecule has 102 valence electrons. The van der Waals surface area contributed by atoms with Gasteiger partial charge in [0.05, 0.1) is 6.26 Å². The summed E-state index contributed by atoms with van der Waals surface area (Å²) in [6, 6.07) is 12.2. The Morgan fingerprint density at radius 1 is 1.25 bits per heavy atom. The van der Waals surface area contributed by atoms with E-state index in [2.05, 4.69) is 10.5 Å². The van der Waals surface area contributed by atoms with Crippen molar-refractivity contribution in [3.8, 4) is 0 Å². The van der Waals surface area contributed by atoms with Crippen LogP contribution >= 0.6 is 0 Å². The molecule has 1 heterocycles. The first-order valence-corrected chi connectivity index (χ1v) is 6.03. The number of rotatable bonds is 5. The number of nitrogens with one attached hydrogen (secondary N) is 1. The predicted octanol–water partition coefficient (Wildman–Crippen LogP) is 2.13. The van der Waals surface area contributed by atoms with Crippen LogP contribution in [0.2, 0.25) is 0 Å². The molecule has 0 aliphatic carbocycles. The van der Waals surface area contributed by atoms with E-state index in [4.69, 9.17) is 4.42 Å². The number of carbonyl (C=O) groups is 1. The van der Waals surface area contributed by atoms with Crippen molar-refractivity contribution in [3.63, 3.8) is 0 Å². The van der Waals surface area contributed by atoms with Crippen LogP contribution in [0.3, 0.4) is 0 Å². The van der Waals surface area contributed by atoms with Gasteiger partial charge in [-0.15, -0.1) is 0 Å². The molecular weight excluding hydrogens is 256 g/mol. The van der Waals surface area contributed by atoms with E-state index in [0.717, 1.165) is 0 Å². The van der Waals surface area contributed by atoms with Crippen molar-refractivity contribution < 1.29 is 14.3 Å². The molecule has 1 atom stereocenters. The van der Waals surface area contributed by atoms with Crippen LogP contribution in [0.25, 0.3) is 6.08 Å². The fraction of sp³-hybridized carbons (Fsp3) is 0.0667. The molecule has 1 amide bonds. The molecule has 0 unspecified atom stereocenters. The molecule has 0 aliphatic rings. The third kappa shape index (κ3) is 3.93. The molecule has 0 radical (unpaired) electrons. The first-order chi connectivity index (χ1) is 9.77. The van der Waals surface area contributed by atoms with Crippen molar-refractivity contribution in [1.29, 1.82) is 0 Å². The zero-order valence-corrected chi connectivity index (χ0v) is 10.6. The second kappa shape index (κ2) is 7.06. The van der Waals surface area contributed by atoms with Gasteiger partial charge in [0.1, 0.15) is 5.76 Å². The van der Waals surface area contributed by atoms with Crippen molar-refractivity contribution in [2.24, 2.45) is 5.10 Å². The van der Waals surface area contributed by atoms with Gasteiger partial charge < -0.3 is 9.52 Å². The normalized spacial score (nSPS) is 12.8. The molecule has 1 aromatic heterocycles. The van der Waals surface area contributed by atoms with Gasteiger partial charge >= 0.3 is 0 Å². The number of hydrogen-bond donors (Lipinski definition) is 2. The minimum Gasteiger partial charge on any atom is -0.465 e. The molecule has 20 heavy (non-hydrogen) atoms. The Bertz CT molecular complexity index is 589. The van der Waals surface area contributed by atoms with E-state index in [1.165, 1.54) is 6.21 Å². The number of aliphatic hydroxyl groups is 1. The lowest BCUT2D eigenvalue weighted by Gasteiger charge is -2.08. The summed E-state index contributed by atoms with van der Waals surface area (Å²) >= 11 is 0. The van der Waals surface area contributed by atoms with Crippen molar-refractivity contribution in [1.82, 2.24) is 5.43 Å². The molecule has 5 nitrogen and oxygen atoms in total. The van der Waals surface area contributed by atoms with Gasteiger partial charge in [-0.05, 0) is 29.8 Å². The summed E-state index contributed by atoms with van der Waals surface area (Å²) in [6.45, 7) is 0. The van der Waals surface area contributed by atoms with E-state index < -0.39 is 12.0 Å². The first-order valence-electron chi connectivity index (χ1n) is 6.03. The quantitative estimate of drug-likeness (QED) is 0.645. The summed E-state index contributed by atoms with van der Waals surface area (Å²) < 4.78 is 5.08. The van der Waals surface area contributed by atoms with Crippen molar-refractivity contribution >= 4 is 18.2 Å². The van der Waals surface area contributed by atoms with E-state index in [1.807, 2.05) is 6.07 Å². The monoisotopic (exact) mass is 270 g/mol. The van der Waals surface area contributed by atoms with Crippen molar-refractivity contribution in [3.05, 3.63) is 66.1 Å². The van der Waals surface area contributed by atoms with Gasteiger partial charge in [0.2, 0.25) is 0 Å². The van der Waals surface area contributed by atoms with Crippen LogP contribution in [0.5, 0.6) is 0 Å². The van der Waals surface area contributed by atoms with Gasteiger partial charge in [0.15, 0.2) is 6.10 Å². The molecule has 2 N–H and O–H groups in total. The summed E-state index contributed by atoms with van der Waals surface area (Å²) in [7, 11) is 0. The molecule has 0 bridgehead atoms. The highest BCUT2D eigenvalue weighted by Crippen LogP contribution is 2.11. The highest BCUT2D eigenvalue weighted by Gasteiger charge is 2.15. The Labute approximate surface area is 116 Å². The van der Waals surface area contributed by atoms with Gasteiger partial charge in [-0.2, -0.15) is 5.10 Å². The summed E-state index contributed by atoms with van der Waals surface area (Å²) in [5.41, 5.74) is 2.78. The number of benzene rings is 1. The number of nitrogens with zero attached hydrogens (tertiary/aromatic N) is 1. The molecule has 0 saturated heterocycles. The van der Waals surface area contributed by atoms with E-state index >= 15 is 0 Å². The number of allylic oxidation sites excluding steroid dienone is 1. The second-order valence-electron chi connectivity index (χ2n) is 3.94. The Kier molecular flexibility index (Phi) is 4.86. The standard InChI is InChI=1S/C15H14N2O3/c18-14(12-6-2-1-3-7-12)15(19)17-16-10-4-8-13-9-5-11-20-13/h1-11,14,18H,(H,17,19)/b8-4+,16-10-/t14-/m1/s1. The molecule has 0 fully saturated rings. The maximum atomic E-state index is 11.6. The van der Waals surface area contributed by atoms with Gasteiger partial charge in [-0.1, -0.05) is 30.3 Å². The summed E-state index contributed by atoms with van der Waals surface area (Å²) in [4.78, 5) is 11.6. The second-order valence-corrected chi connectivity index (χ2v) is 3.94. The third-order valence-corrected chi connectivity index (χ3v) is 2.50. The number of furan rings is 1. The van der Waals surface area contributed by atoms with Gasteiger partial charge in [-0.25, -0.2) is 5.43 Å². The fourth-order valence-corrected chi connectivity index (χ4v) is 1.52. The number of amides is 1. The fourth-order valence-electron chi connectivity index (χ4n) is 1.52. The van der Waals surface area contributed by atoms with Crippen LogP contribution in [-0.4, -0.2) is 17.2 Å². The maximum Gasteiger partial charge on any atom is 0.273 e. The van der Waals surface area contributed by atoms with Gasteiger partial charge in [0.25, 0.3) is 5.91 Å². The average Bonchev–Trinajstić information content (AvgIpc) is 3.00. The average molecular weight is 270 g/mol. The minimum atomic E-state index is -1.23. The Morgan fingerprint density at radius 3 is 2.75 bits per heavy atom. The highest BCUT2D eigenvalue weighted by molar-refractivity contribution is 5.84. The van der Waals surface area contributed by atoms with Gasteiger partial charge in [0, 0.05) is 6.21 Å². The maximum absolute atomic E-state index is 11.6. The molecule has 0 aliphatic heterocycles. The largest absolute Gasteiger partial charge is 0.465 e. The molecule has 2 rings (SSSR count).